The monoisotopic (exact) mass is 214 g/mol. The molecule has 2 rings (SSSR count). The molecule has 0 aliphatic rings. The predicted octanol–water partition coefficient (Wildman–Crippen LogP) is 0.713. The molecule has 0 aliphatic heterocycles. The van der Waals surface area contributed by atoms with Crippen molar-refractivity contribution in [2.24, 2.45) is 0 Å². The Morgan fingerprint density at radius 1 is 1.31 bits per heavy atom. The molecular weight excluding hydrogens is 204 g/mol. The molecule has 0 saturated carbocycles. The van der Waals surface area contributed by atoms with Crippen molar-refractivity contribution < 1.29 is 0 Å². The third-order valence-electron chi connectivity index (χ3n) is 2.37. The maximum absolute atomic E-state index is 11.9. The standard InChI is InChI=1S/C12H10N2O2/c1-2-3-8-14-11(15)9-6-4-5-7-10(9)13-12(14)16/h1,4-7H,3,8H2,(H,13,16). The minimum atomic E-state index is -0.418. The Morgan fingerprint density at radius 2 is 2.06 bits per heavy atom. The maximum Gasteiger partial charge on any atom is 0.328 e. The third-order valence-corrected chi connectivity index (χ3v) is 2.37. The Balaban J connectivity index is 2.72. The van der Waals surface area contributed by atoms with Gasteiger partial charge in [0.1, 0.15) is 0 Å². The average molecular weight is 214 g/mol. The molecule has 1 N–H and O–H groups in total. The van der Waals surface area contributed by atoms with Gasteiger partial charge in [0.15, 0.2) is 0 Å². The SMILES string of the molecule is C#CCCn1c(=O)[nH]c2ccccc2c1=O. The molecule has 0 atom stereocenters. The number of fused-ring (bicyclic) bond motifs is 1. The lowest BCUT2D eigenvalue weighted by Crippen LogP contribution is -2.34. The third kappa shape index (κ3) is 1.63. The Morgan fingerprint density at radius 3 is 2.81 bits per heavy atom. The van der Waals surface area contributed by atoms with Crippen LogP contribution in [0.2, 0.25) is 0 Å². The molecule has 0 saturated heterocycles. The fraction of sp³-hybridized carbons (Fsp3) is 0.167. The summed E-state index contributed by atoms with van der Waals surface area (Å²) in [5, 5.41) is 0.499. The quantitative estimate of drug-likeness (QED) is 0.749. The van der Waals surface area contributed by atoms with Gasteiger partial charge in [-0.3, -0.25) is 9.36 Å². The van der Waals surface area contributed by atoms with Crippen LogP contribution in [0.15, 0.2) is 33.9 Å². The number of rotatable bonds is 2. The molecular formula is C12H10N2O2. The number of nitrogens with one attached hydrogen (secondary N) is 1. The van der Waals surface area contributed by atoms with Crippen LogP contribution in [-0.2, 0) is 6.54 Å². The van der Waals surface area contributed by atoms with Gasteiger partial charge >= 0.3 is 5.69 Å². The number of aromatic amines is 1. The van der Waals surface area contributed by atoms with Crippen LogP contribution < -0.4 is 11.2 Å². The summed E-state index contributed by atoms with van der Waals surface area (Å²) in [6, 6.07) is 6.90. The van der Waals surface area contributed by atoms with Crippen molar-refractivity contribution in [3.8, 4) is 12.3 Å². The van der Waals surface area contributed by atoms with E-state index in [0.29, 0.717) is 17.3 Å². The Kier molecular flexibility index (Phi) is 2.61. The fourth-order valence-electron chi connectivity index (χ4n) is 1.58. The molecule has 0 radical (unpaired) electrons. The molecule has 2 aromatic rings. The van der Waals surface area contributed by atoms with Gasteiger partial charge < -0.3 is 4.98 Å². The number of aromatic nitrogens is 2. The topological polar surface area (TPSA) is 54.9 Å². The smallest absolute Gasteiger partial charge is 0.307 e. The molecule has 0 spiro atoms. The number of para-hydroxylation sites is 1. The summed E-state index contributed by atoms with van der Waals surface area (Å²) < 4.78 is 1.13. The Hall–Kier alpha value is -2.28. The minimum Gasteiger partial charge on any atom is -0.307 e. The summed E-state index contributed by atoms with van der Waals surface area (Å²) in [6.07, 6.45) is 5.47. The van der Waals surface area contributed by atoms with Crippen LogP contribution in [0.5, 0.6) is 0 Å². The van der Waals surface area contributed by atoms with Crippen LogP contribution >= 0.6 is 0 Å². The van der Waals surface area contributed by atoms with Gasteiger partial charge in [-0.15, -0.1) is 12.3 Å². The van der Waals surface area contributed by atoms with Crippen LogP contribution in [0.25, 0.3) is 10.9 Å². The first kappa shape index (κ1) is 10.2. The van der Waals surface area contributed by atoms with Crippen molar-refractivity contribution in [3.63, 3.8) is 0 Å². The van der Waals surface area contributed by atoms with Crippen LogP contribution in [-0.4, -0.2) is 9.55 Å². The summed E-state index contributed by atoms with van der Waals surface area (Å²) in [5.41, 5.74) is -0.164. The van der Waals surface area contributed by atoms with Crippen LogP contribution in [0.3, 0.4) is 0 Å². The highest BCUT2D eigenvalue weighted by molar-refractivity contribution is 5.76. The van der Waals surface area contributed by atoms with E-state index < -0.39 is 5.69 Å². The summed E-state index contributed by atoms with van der Waals surface area (Å²) >= 11 is 0. The zero-order valence-corrected chi connectivity index (χ0v) is 8.56. The van der Waals surface area contributed by atoms with Gasteiger partial charge in [-0.2, -0.15) is 0 Å². The van der Waals surface area contributed by atoms with Crippen molar-refractivity contribution in [2.75, 3.05) is 0 Å². The molecule has 16 heavy (non-hydrogen) atoms. The molecule has 1 aromatic carbocycles. The summed E-state index contributed by atoms with van der Waals surface area (Å²) in [5.74, 6) is 2.41. The minimum absolute atomic E-state index is 0.246. The fourth-order valence-corrected chi connectivity index (χ4v) is 1.58. The van der Waals surface area contributed by atoms with Gasteiger partial charge in [-0.05, 0) is 12.1 Å². The van der Waals surface area contributed by atoms with Gasteiger partial charge in [-0.25, -0.2) is 4.79 Å². The van der Waals surface area contributed by atoms with E-state index in [9.17, 15) is 9.59 Å². The first-order valence-corrected chi connectivity index (χ1v) is 4.89. The van der Waals surface area contributed by atoms with Crippen molar-refractivity contribution in [2.45, 2.75) is 13.0 Å². The average Bonchev–Trinajstić information content (AvgIpc) is 2.29. The van der Waals surface area contributed by atoms with E-state index in [1.54, 1.807) is 24.3 Å². The first-order valence-electron chi connectivity index (χ1n) is 4.89. The predicted molar refractivity (Wildman–Crippen MR) is 62.3 cm³/mol. The summed E-state index contributed by atoms with van der Waals surface area (Å²) in [4.78, 5) is 26.2. The molecule has 0 amide bonds. The number of hydrogen-bond acceptors (Lipinski definition) is 2. The van der Waals surface area contributed by atoms with E-state index in [0.717, 1.165) is 4.57 Å². The lowest BCUT2D eigenvalue weighted by atomic mass is 10.2. The van der Waals surface area contributed by atoms with Gasteiger partial charge in [-0.1, -0.05) is 12.1 Å². The van der Waals surface area contributed by atoms with Crippen molar-refractivity contribution in [1.82, 2.24) is 9.55 Å². The van der Waals surface area contributed by atoms with Gasteiger partial charge in [0, 0.05) is 13.0 Å². The molecule has 4 nitrogen and oxygen atoms in total. The van der Waals surface area contributed by atoms with E-state index in [2.05, 4.69) is 10.9 Å². The van der Waals surface area contributed by atoms with E-state index in [1.165, 1.54) is 0 Å². The van der Waals surface area contributed by atoms with Crippen LogP contribution in [0.1, 0.15) is 6.42 Å². The number of benzene rings is 1. The van der Waals surface area contributed by atoms with Gasteiger partial charge in [0.2, 0.25) is 0 Å². The molecule has 4 heteroatoms. The molecule has 0 aliphatic carbocycles. The van der Waals surface area contributed by atoms with Crippen molar-refractivity contribution in [1.29, 1.82) is 0 Å². The second-order valence-electron chi connectivity index (χ2n) is 3.39. The Labute approximate surface area is 91.5 Å². The molecule has 0 bridgehead atoms. The normalized spacial score (nSPS) is 10.2. The highest BCUT2D eigenvalue weighted by Gasteiger charge is 2.05. The lowest BCUT2D eigenvalue weighted by Gasteiger charge is -2.03. The second kappa shape index (κ2) is 4.07. The van der Waals surface area contributed by atoms with E-state index in [-0.39, 0.29) is 12.1 Å². The van der Waals surface area contributed by atoms with E-state index >= 15 is 0 Å². The zero-order chi connectivity index (χ0) is 11.5. The maximum atomic E-state index is 11.9. The highest BCUT2D eigenvalue weighted by Crippen LogP contribution is 2.02. The van der Waals surface area contributed by atoms with Crippen LogP contribution in [0, 0.1) is 12.3 Å². The number of terminal acetylenes is 1. The molecule has 1 aromatic heterocycles. The van der Waals surface area contributed by atoms with Crippen molar-refractivity contribution in [3.05, 3.63) is 45.1 Å². The zero-order valence-electron chi connectivity index (χ0n) is 8.56. The molecule has 0 unspecified atom stereocenters. The number of nitrogens with zero attached hydrogens (tertiary/aromatic N) is 1. The van der Waals surface area contributed by atoms with E-state index in [1.807, 2.05) is 0 Å². The van der Waals surface area contributed by atoms with E-state index in [4.69, 9.17) is 6.42 Å². The Bertz CT molecular complexity index is 674. The molecule has 80 valence electrons. The number of hydrogen-bond donors (Lipinski definition) is 1. The highest BCUT2D eigenvalue weighted by atomic mass is 16.2. The second-order valence-corrected chi connectivity index (χ2v) is 3.39. The summed E-state index contributed by atoms with van der Waals surface area (Å²) in [6.45, 7) is 0.246. The number of H-pyrrole nitrogens is 1. The van der Waals surface area contributed by atoms with Crippen molar-refractivity contribution >= 4 is 10.9 Å². The van der Waals surface area contributed by atoms with Gasteiger partial charge in [0.25, 0.3) is 5.56 Å². The molecule has 0 fully saturated rings. The largest absolute Gasteiger partial charge is 0.328 e. The first-order chi connectivity index (χ1) is 7.74. The summed E-state index contributed by atoms with van der Waals surface area (Å²) in [7, 11) is 0. The van der Waals surface area contributed by atoms with Crippen LogP contribution in [0.4, 0.5) is 0 Å². The van der Waals surface area contributed by atoms with Gasteiger partial charge in [0.05, 0.1) is 10.9 Å². The lowest BCUT2D eigenvalue weighted by molar-refractivity contribution is 0.653. The molecule has 1 heterocycles.